The summed E-state index contributed by atoms with van der Waals surface area (Å²) in [5.74, 6) is -1.48. The number of nitrogens with one attached hydrogen (secondary N) is 1. The number of aromatic nitrogens is 2. The topological polar surface area (TPSA) is 101 Å². The fourth-order valence-corrected chi connectivity index (χ4v) is 3.24. The van der Waals surface area contributed by atoms with Gasteiger partial charge in [-0.25, -0.2) is 4.79 Å². The van der Waals surface area contributed by atoms with Crippen LogP contribution < -0.4 is 5.32 Å². The first kappa shape index (κ1) is 16.9. The number of anilines is 1. The molecule has 4 aromatic rings. The third-order valence-corrected chi connectivity index (χ3v) is 4.52. The number of carbonyl (C=O) groups is 2. The predicted molar refractivity (Wildman–Crippen MR) is 102 cm³/mol. The van der Waals surface area contributed by atoms with Gasteiger partial charge >= 0.3 is 5.97 Å². The minimum absolute atomic E-state index is 0.00676. The van der Waals surface area contributed by atoms with Gasteiger partial charge in [-0.1, -0.05) is 30.3 Å². The van der Waals surface area contributed by atoms with Crippen molar-refractivity contribution in [3.8, 4) is 5.75 Å². The molecule has 0 atom stereocenters. The Balaban J connectivity index is 1.45. The average molecular weight is 379 g/mol. The van der Waals surface area contributed by atoms with E-state index < -0.39 is 18.5 Å². The van der Waals surface area contributed by atoms with Crippen LogP contribution >= 0.6 is 11.7 Å². The molecule has 1 heterocycles. The van der Waals surface area contributed by atoms with Gasteiger partial charge in [0.2, 0.25) is 0 Å². The lowest BCUT2D eigenvalue weighted by atomic mass is 10.1. The molecule has 0 fully saturated rings. The van der Waals surface area contributed by atoms with Crippen LogP contribution in [0.5, 0.6) is 5.75 Å². The van der Waals surface area contributed by atoms with Gasteiger partial charge in [-0.2, -0.15) is 8.75 Å². The van der Waals surface area contributed by atoms with Gasteiger partial charge in [0.15, 0.2) is 6.61 Å². The van der Waals surface area contributed by atoms with Crippen molar-refractivity contribution in [3.63, 3.8) is 0 Å². The lowest BCUT2D eigenvalue weighted by molar-refractivity contribution is -0.119. The van der Waals surface area contributed by atoms with Crippen molar-refractivity contribution in [2.24, 2.45) is 0 Å². The van der Waals surface area contributed by atoms with E-state index >= 15 is 0 Å². The number of fused-ring (bicyclic) bond motifs is 2. The van der Waals surface area contributed by atoms with E-state index in [0.717, 1.165) is 22.5 Å². The van der Waals surface area contributed by atoms with Gasteiger partial charge in [-0.3, -0.25) is 4.79 Å². The molecule has 0 aliphatic rings. The first-order chi connectivity index (χ1) is 13.1. The molecule has 27 heavy (non-hydrogen) atoms. The maximum absolute atomic E-state index is 12.3. The number of rotatable bonds is 4. The Morgan fingerprint density at radius 3 is 2.63 bits per heavy atom. The van der Waals surface area contributed by atoms with Crippen LogP contribution in [-0.4, -0.2) is 32.3 Å². The van der Waals surface area contributed by atoms with Crippen LogP contribution in [0.4, 0.5) is 5.69 Å². The van der Waals surface area contributed by atoms with Gasteiger partial charge in [0.25, 0.3) is 5.91 Å². The van der Waals surface area contributed by atoms with Gasteiger partial charge in [0.05, 0.1) is 17.4 Å². The molecule has 1 aromatic heterocycles. The number of esters is 1. The minimum Gasteiger partial charge on any atom is -0.507 e. The highest BCUT2D eigenvalue weighted by molar-refractivity contribution is 7.00. The molecule has 134 valence electrons. The summed E-state index contributed by atoms with van der Waals surface area (Å²) < 4.78 is 13.3. The largest absolute Gasteiger partial charge is 0.507 e. The van der Waals surface area contributed by atoms with Crippen LogP contribution in [0.3, 0.4) is 0 Å². The van der Waals surface area contributed by atoms with E-state index in [1.165, 1.54) is 12.1 Å². The number of aromatic hydroxyl groups is 1. The van der Waals surface area contributed by atoms with Gasteiger partial charge < -0.3 is 15.2 Å². The van der Waals surface area contributed by atoms with Gasteiger partial charge in [0.1, 0.15) is 22.3 Å². The molecule has 7 nitrogen and oxygen atoms in total. The quantitative estimate of drug-likeness (QED) is 0.527. The van der Waals surface area contributed by atoms with Crippen molar-refractivity contribution >= 4 is 51.1 Å². The van der Waals surface area contributed by atoms with Crippen LogP contribution in [0.25, 0.3) is 21.8 Å². The SMILES string of the molecule is O=C(COC(=O)c1cc2ccccc2cc1O)Nc1cccc2nsnc12. The Kier molecular flexibility index (Phi) is 4.39. The summed E-state index contributed by atoms with van der Waals surface area (Å²) in [5, 5.41) is 14.3. The van der Waals surface area contributed by atoms with Crippen LogP contribution in [0.1, 0.15) is 10.4 Å². The molecule has 4 rings (SSSR count). The molecule has 8 heteroatoms. The number of nitrogens with zero attached hydrogens (tertiary/aromatic N) is 2. The van der Waals surface area contributed by atoms with Crippen LogP contribution in [0.2, 0.25) is 0 Å². The number of benzene rings is 3. The number of phenolic OH excluding ortho intramolecular Hbond substituents is 1. The molecular formula is C19H13N3O4S. The molecule has 0 unspecified atom stereocenters. The third-order valence-electron chi connectivity index (χ3n) is 3.98. The molecule has 0 saturated heterocycles. The summed E-state index contributed by atoms with van der Waals surface area (Å²) in [7, 11) is 0. The molecule has 0 spiro atoms. The maximum atomic E-state index is 12.3. The summed E-state index contributed by atoms with van der Waals surface area (Å²) in [6.45, 7) is -0.487. The molecule has 0 bridgehead atoms. The third kappa shape index (κ3) is 3.42. The van der Waals surface area contributed by atoms with E-state index in [1.54, 1.807) is 18.2 Å². The maximum Gasteiger partial charge on any atom is 0.342 e. The summed E-state index contributed by atoms with van der Waals surface area (Å²) in [6.07, 6.45) is 0. The fraction of sp³-hybridized carbons (Fsp3) is 0.0526. The Morgan fingerprint density at radius 1 is 1.04 bits per heavy atom. The number of carbonyl (C=O) groups excluding carboxylic acids is 2. The highest BCUT2D eigenvalue weighted by Gasteiger charge is 2.16. The molecule has 2 N–H and O–H groups in total. The van der Waals surface area contributed by atoms with Crippen molar-refractivity contribution in [1.29, 1.82) is 0 Å². The van der Waals surface area contributed by atoms with Crippen molar-refractivity contribution in [2.75, 3.05) is 11.9 Å². The summed E-state index contributed by atoms with van der Waals surface area (Å²) >= 11 is 1.05. The zero-order valence-corrected chi connectivity index (χ0v) is 14.7. The van der Waals surface area contributed by atoms with E-state index in [0.29, 0.717) is 16.7 Å². The first-order valence-corrected chi connectivity index (χ1v) is 8.75. The fourth-order valence-electron chi connectivity index (χ4n) is 2.69. The van der Waals surface area contributed by atoms with Gasteiger partial charge in [-0.15, -0.1) is 0 Å². The number of ether oxygens (including phenoxy) is 1. The Morgan fingerprint density at radius 2 is 1.81 bits per heavy atom. The van der Waals surface area contributed by atoms with E-state index in [-0.39, 0.29) is 11.3 Å². The monoisotopic (exact) mass is 379 g/mol. The van der Waals surface area contributed by atoms with Crippen molar-refractivity contribution in [3.05, 3.63) is 60.2 Å². The highest BCUT2D eigenvalue weighted by atomic mass is 32.1. The number of hydrogen-bond donors (Lipinski definition) is 2. The second-order valence-electron chi connectivity index (χ2n) is 5.78. The molecule has 0 radical (unpaired) electrons. The van der Waals surface area contributed by atoms with Gasteiger partial charge in [0, 0.05) is 0 Å². The van der Waals surface area contributed by atoms with Crippen molar-refractivity contribution in [1.82, 2.24) is 8.75 Å². The number of amides is 1. The average Bonchev–Trinajstić information content (AvgIpc) is 3.15. The summed E-state index contributed by atoms with van der Waals surface area (Å²) in [5.41, 5.74) is 1.76. The Labute approximate surface area is 157 Å². The number of hydrogen-bond acceptors (Lipinski definition) is 7. The summed E-state index contributed by atoms with van der Waals surface area (Å²) in [4.78, 5) is 24.4. The second-order valence-corrected chi connectivity index (χ2v) is 6.31. The molecule has 0 saturated carbocycles. The Bertz CT molecular complexity index is 1170. The van der Waals surface area contributed by atoms with E-state index in [4.69, 9.17) is 4.74 Å². The predicted octanol–water partition coefficient (Wildman–Crippen LogP) is 3.35. The molecule has 1 amide bonds. The smallest absolute Gasteiger partial charge is 0.342 e. The van der Waals surface area contributed by atoms with Crippen LogP contribution in [0, 0.1) is 0 Å². The lowest BCUT2D eigenvalue weighted by Crippen LogP contribution is -2.21. The lowest BCUT2D eigenvalue weighted by Gasteiger charge is -2.09. The van der Waals surface area contributed by atoms with Gasteiger partial charge in [-0.05, 0) is 35.0 Å². The standard InChI is InChI=1S/C19H13N3O4S/c23-16-9-12-5-2-1-4-11(12)8-13(16)19(25)26-10-17(24)20-14-6-3-7-15-18(14)22-27-21-15/h1-9,23H,10H2,(H,20,24). The normalized spacial score (nSPS) is 10.8. The minimum atomic E-state index is -0.776. The van der Waals surface area contributed by atoms with E-state index in [2.05, 4.69) is 14.1 Å². The molecule has 0 aliphatic carbocycles. The molecule has 0 aliphatic heterocycles. The zero-order valence-electron chi connectivity index (χ0n) is 13.9. The van der Waals surface area contributed by atoms with Crippen LogP contribution in [-0.2, 0) is 9.53 Å². The molecule has 3 aromatic carbocycles. The van der Waals surface area contributed by atoms with E-state index in [9.17, 15) is 14.7 Å². The van der Waals surface area contributed by atoms with Crippen molar-refractivity contribution < 1.29 is 19.4 Å². The Hall–Kier alpha value is -3.52. The highest BCUT2D eigenvalue weighted by Crippen LogP contribution is 2.25. The molecular weight excluding hydrogens is 366 g/mol. The zero-order chi connectivity index (χ0) is 18.8. The van der Waals surface area contributed by atoms with E-state index in [1.807, 2.05) is 24.3 Å². The second kappa shape index (κ2) is 7.00. The summed E-state index contributed by atoms with van der Waals surface area (Å²) in [6, 6.07) is 15.6. The number of phenols is 1. The van der Waals surface area contributed by atoms with Crippen LogP contribution in [0.15, 0.2) is 54.6 Å². The first-order valence-electron chi connectivity index (χ1n) is 8.02. The van der Waals surface area contributed by atoms with Crippen molar-refractivity contribution in [2.45, 2.75) is 0 Å².